The van der Waals surface area contributed by atoms with Crippen LogP contribution in [0.3, 0.4) is 0 Å². The highest BCUT2D eigenvalue weighted by atomic mass is 35.5. The standard InChI is InChI=1S/C21H21ClN4O2/c1-12(2)20(27)26-9-7-14(8-10-26)13-3-5-15(6-4-13)18-16(22)11-17-19(24-18)25-21(28)23-17/h3-7,11-12H,8-10H2,1-2H3,(H2,23,24,25,28). The molecule has 3 heterocycles. The zero-order valence-electron chi connectivity index (χ0n) is 15.7. The Morgan fingerprint density at radius 3 is 2.57 bits per heavy atom. The molecule has 0 aliphatic carbocycles. The summed E-state index contributed by atoms with van der Waals surface area (Å²) < 4.78 is 0. The molecule has 28 heavy (non-hydrogen) atoms. The number of aromatic nitrogens is 3. The van der Waals surface area contributed by atoms with Crippen LogP contribution in [0.15, 0.2) is 36.4 Å². The Bertz CT molecular complexity index is 1070. The molecule has 0 spiro atoms. The van der Waals surface area contributed by atoms with E-state index in [2.05, 4.69) is 21.0 Å². The summed E-state index contributed by atoms with van der Waals surface area (Å²) in [5.74, 6) is 0.228. The van der Waals surface area contributed by atoms with Crippen LogP contribution in [-0.4, -0.2) is 44.0 Å². The number of hydrogen-bond donors (Lipinski definition) is 2. The summed E-state index contributed by atoms with van der Waals surface area (Å²) in [6.07, 6.45) is 2.97. The van der Waals surface area contributed by atoms with Crippen molar-refractivity contribution in [2.45, 2.75) is 20.3 Å². The number of hydrogen-bond acceptors (Lipinski definition) is 4. The topological polar surface area (TPSA) is 82.1 Å². The van der Waals surface area contributed by atoms with Gasteiger partial charge in [0.15, 0.2) is 5.65 Å². The van der Waals surface area contributed by atoms with Crippen molar-refractivity contribution in [1.29, 1.82) is 0 Å². The maximum atomic E-state index is 12.1. The normalized spacial score (nSPS) is 14.6. The molecule has 3 aromatic rings. The Balaban J connectivity index is 1.56. The predicted molar refractivity (Wildman–Crippen MR) is 110 cm³/mol. The van der Waals surface area contributed by atoms with Gasteiger partial charge in [-0.15, -0.1) is 0 Å². The van der Waals surface area contributed by atoms with Crippen LogP contribution >= 0.6 is 11.6 Å². The number of nitrogens with zero attached hydrogens (tertiary/aromatic N) is 3. The molecule has 2 N–H and O–H groups in total. The lowest BCUT2D eigenvalue weighted by Gasteiger charge is -2.28. The molecule has 1 aromatic carbocycles. The lowest BCUT2D eigenvalue weighted by atomic mass is 9.97. The van der Waals surface area contributed by atoms with Gasteiger partial charge in [-0.2, -0.15) is 4.98 Å². The monoisotopic (exact) mass is 396 g/mol. The van der Waals surface area contributed by atoms with Crippen LogP contribution < -0.4 is 0 Å². The predicted octanol–water partition coefficient (Wildman–Crippen LogP) is 4.26. The van der Waals surface area contributed by atoms with Crippen LogP contribution in [0, 0.1) is 5.92 Å². The van der Waals surface area contributed by atoms with Crippen molar-refractivity contribution in [3.05, 3.63) is 47.0 Å². The fourth-order valence-corrected chi connectivity index (χ4v) is 3.71. The molecule has 4 rings (SSSR count). The number of amides is 1. The zero-order chi connectivity index (χ0) is 19.8. The van der Waals surface area contributed by atoms with E-state index in [0.717, 1.165) is 24.1 Å². The summed E-state index contributed by atoms with van der Waals surface area (Å²) in [5, 5.41) is 9.98. The number of aromatic amines is 1. The molecule has 0 radical (unpaired) electrons. The third kappa shape index (κ3) is 3.47. The second kappa shape index (κ2) is 7.28. The molecule has 0 saturated carbocycles. The van der Waals surface area contributed by atoms with Crippen LogP contribution in [0.4, 0.5) is 0 Å². The first kappa shape index (κ1) is 18.5. The molecule has 0 saturated heterocycles. The van der Waals surface area contributed by atoms with Crippen LogP contribution in [0.25, 0.3) is 28.0 Å². The van der Waals surface area contributed by atoms with Crippen LogP contribution in [0.5, 0.6) is 6.01 Å². The number of pyridine rings is 1. The van der Waals surface area contributed by atoms with E-state index in [9.17, 15) is 9.90 Å². The second-order valence-corrected chi connectivity index (χ2v) is 7.65. The number of aromatic hydroxyl groups is 1. The van der Waals surface area contributed by atoms with Crippen LogP contribution in [0.1, 0.15) is 25.8 Å². The summed E-state index contributed by atoms with van der Waals surface area (Å²) in [6.45, 7) is 5.26. The van der Waals surface area contributed by atoms with Gasteiger partial charge in [-0.25, -0.2) is 4.98 Å². The quantitative estimate of drug-likeness (QED) is 0.693. The van der Waals surface area contributed by atoms with Crippen LogP contribution in [-0.2, 0) is 4.79 Å². The van der Waals surface area contributed by atoms with E-state index in [0.29, 0.717) is 28.4 Å². The molecule has 0 fully saturated rings. The highest BCUT2D eigenvalue weighted by Crippen LogP contribution is 2.31. The van der Waals surface area contributed by atoms with Crippen LogP contribution in [0.2, 0.25) is 5.02 Å². The molecule has 1 aliphatic heterocycles. The van der Waals surface area contributed by atoms with Crippen molar-refractivity contribution < 1.29 is 9.90 Å². The minimum absolute atomic E-state index is 0.0280. The first-order chi connectivity index (χ1) is 13.4. The summed E-state index contributed by atoms with van der Waals surface area (Å²) in [7, 11) is 0. The third-order valence-corrected chi connectivity index (χ3v) is 5.25. The number of nitrogens with one attached hydrogen (secondary N) is 1. The Morgan fingerprint density at radius 1 is 1.21 bits per heavy atom. The molecule has 0 bridgehead atoms. The maximum Gasteiger partial charge on any atom is 0.293 e. The summed E-state index contributed by atoms with van der Waals surface area (Å²) in [6, 6.07) is 9.59. The SMILES string of the molecule is CC(C)C(=O)N1CC=C(c2ccc(-c3nc4nc(O)[nH]c4cc3Cl)cc2)CC1. The fraction of sp³-hybridized carbons (Fsp3) is 0.286. The molecule has 1 aliphatic rings. The van der Waals surface area contributed by atoms with E-state index < -0.39 is 0 Å². The van der Waals surface area contributed by atoms with Crippen molar-refractivity contribution in [2.24, 2.45) is 5.92 Å². The first-order valence-electron chi connectivity index (χ1n) is 9.26. The van der Waals surface area contributed by atoms with Gasteiger partial charge in [0.25, 0.3) is 6.01 Å². The second-order valence-electron chi connectivity index (χ2n) is 7.25. The molecular formula is C21H21ClN4O2. The van der Waals surface area contributed by atoms with Gasteiger partial charge in [-0.3, -0.25) is 4.79 Å². The van der Waals surface area contributed by atoms with Gasteiger partial charge in [-0.05, 0) is 23.6 Å². The van der Waals surface area contributed by atoms with Crippen molar-refractivity contribution in [3.8, 4) is 17.3 Å². The number of carbonyl (C=O) groups excluding carboxylic acids is 1. The largest absolute Gasteiger partial charge is 0.480 e. The minimum atomic E-state index is -0.180. The number of H-pyrrole nitrogens is 1. The molecule has 1 amide bonds. The Hall–Kier alpha value is -2.86. The summed E-state index contributed by atoms with van der Waals surface area (Å²) in [5.41, 5.74) is 4.90. The van der Waals surface area contributed by atoms with Crippen molar-refractivity contribution in [2.75, 3.05) is 13.1 Å². The zero-order valence-corrected chi connectivity index (χ0v) is 16.5. The molecular weight excluding hydrogens is 376 g/mol. The van der Waals surface area contributed by atoms with Gasteiger partial charge < -0.3 is 15.0 Å². The van der Waals surface area contributed by atoms with E-state index in [1.807, 2.05) is 43.0 Å². The van der Waals surface area contributed by atoms with E-state index >= 15 is 0 Å². The lowest BCUT2D eigenvalue weighted by Crippen LogP contribution is -2.37. The third-order valence-electron chi connectivity index (χ3n) is 4.96. The average Bonchev–Trinajstić information content (AvgIpc) is 3.06. The molecule has 144 valence electrons. The van der Waals surface area contributed by atoms with Gasteiger partial charge in [0.2, 0.25) is 5.91 Å². The molecule has 0 unspecified atom stereocenters. The number of carbonyl (C=O) groups is 1. The number of halogens is 1. The summed E-state index contributed by atoms with van der Waals surface area (Å²) in [4.78, 5) is 25.2. The molecule has 6 nitrogen and oxygen atoms in total. The van der Waals surface area contributed by atoms with Gasteiger partial charge >= 0.3 is 0 Å². The lowest BCUT2D eigenvalue weighted by molar-refractivity contribution is -0.134. The van der Waals surface area contributed by atoms with Crippen molar-refractivity contribution in [3.63, 3.8) is 0 Å². The Morgan fingerprint density at radius 2 is 1.93 bits per heavy atom. The Kier molecular flexibility index (Phi) is 4.81. The highest BCUT2D eigenvalue weighted by Gasteiger charge is 2.20. The average molecular weight is 397 g/mol. The van der Waals surface area contributed by atoms with Crippen molar-refractivity contribution in [1.82, 2.24) is 19.9 Å². The minimum Gasteiger partial charge on any atom is -0.480 e. The Labute approximate surface area is 167 Å². The number of imidazole rings is 1. The number of benzene rings is 1. The van der Waals surface area contributed by atoms with Gasteiger partial charge in [0.1, 0.15) is 0 Å². The molecule has 7 heteroatoms. The van der Waals surface area contributed by atoms with Gasteiger partial charge in [0.05, 0.1) is 16.2 Å². The maximum absolute atomic E-state index is 12.1. The van der Waals surface area contributed by atoms with Gasteiger partial charge in [-0.1, -0.05) is 55.8 Å². The fourth-order valence-electron chi connectivity index (χ4n) is 3.45. The molecule has 2 aromatic heterocycles. The smallest absolute Gasteiger partial charge is 0.293 e. The summed E-state index contributed by atoms with van der Waals surface area (Å²) >= 11 is 6.37. The van der Waals surface area contributed by atoms with E-state index in [-0.39, 0.29) is 17.8 Å². The molecule has 0 atom stereocenters. The van der Waals surface area contributed by atoms with E-state index in [4.69, 9.17) is 11.6 Å². The van der Waals surface area contributed by atoms with Crippen molar-refractivity contribution >= 4 is 34.2 Å². The number of rotatable bonds is 3. The van der Waals surface area contributed by atoms with E-state index in [1.165, 1.54) is 5.57 Å². The highest BCUT2D eigenvalue weighted by molar-refractivity contribution is 6.33. The van der Waals surface area contributed by atoms with E-state index in [1.54, 1.807) is 6.07 Å². The first-order valence-corrected chi connectivity index (χ1v) is 9.64. The van der Waals surface area contributed by atoms with Gasteiger partial charge in [0, 0.05) is 24.6 Å². The number of fused-ring (bicyclic) bond motifs is 1.